The Hall–Kier alpha value is -1.56. The van der Waals surface area contributed by atoms with E-state index in [-0.39, 0.29) is 11.7 Å². The molecule has 0 atom stereocenters. The highest BCUT2D eigenvalue weighted by atomic mass is 32.2. The van der Waals surface area contributed by atoms with E-state index in [0.717, 1.165) is 6.54 Å². The number of carbonyl (C=O) groups is 1. The van der Waals surface area contributed by atoms with Crippen molar-refractivity contribution >= 4 is 21.6 Å². The molecule has 21 heavy (non-hydrogen) atoms. The van der Waals surface area contributed by atoms with Crippen LogP contribution in [0.15, 0.2) is 24.3 Å². The fourth-order valence-electron chi connectivity index (χ4n) is 2.21. The maximum absolute atomic E-state index is 12.3. The third-order valence-electron chi connectivity index (χ3n) is 3.43. The number of benzene rings is 1. The van der Waals surface area contributed by atoms with E-state index in [4.69, 9.17) is 0 Å². The highest BCUT2D eigenvalue weighted by Gasteiger charge is 2.25. The summed E-state index contributed by atoms with van der Waals surface area (Å²) in [5, 5.41) is 0. The molecule has 0 bridgehead atoms. The average Bonchev–Trinajstić information content (AvgIpc) is 3.21. The summed E-state index contributed by atoms with van der Waals surface area (Å²) >= 11 is 0. The number of carbonyl (C=O) groups excluding carboxylic acids is 1. The molecule has 0 aromatic heterocycles. The van der Waals surface area contributed by atoms with E-state index < -0.39 is 10.0 Å². The maximum atomic E-state index is 12.3. The molecule has 1 aliphatic carbocycles. The first-order chi connectivity index (χ1) is 9.91. The van der Waals surface area contributed by atoms with Crippen molar-refractivity contribution in [3.05, 3.63) is 29.8 Å². The van der Waals surface area contributed by atoms with E-state index in [2.05, 4.69) is 4.72 Å². The zero-order valence-electron chi connectivity index (χ0n) is 12.5. The van der Waals surface area contributed by atoms with Crippen LogP contribution in [0.25, 0.3) is 0 Å². The minimum Gasteiger partial charge on any atom is -0.341 e. The molecule has 2 rings (SSSR count). The lowest BCUT2D eigenvalue weighted by atomic mass is 10.2. The maximum Gasteiger partial charge on any atom is 0.253 e. The summed E-state index contributed by atoms with van der Waals surface area (Å²) in [4.78, 5) is 14.0. The van der Waals surface area contributed by atoms with Crippen LogP contribution >= 0.6 is 0 Å². The molecule has 0 unspecified atom stereocenters. The van der Waals surface area contributed by atoms with Crippen LogP contribution in [0.2, 0.25) is 0 Å². The molecule has 0 heterocycles. The van der Waals surface area contributed by atoms with Gasteiger partial charge in [0.05, 0.1) is 5.75 Å². The van der Waals surface area contributed by atoms with Gasteiger partial charge in [-0.3, -0.25) is 9.52 Å². The van der Waals surface area contributed by atoms with Crippen molar-refractivity contribution in [1.29, 1.82) is 0 Å². The number of nitrogens with zero attached hydrogens (tertiary/aromatic N) is 1. The minimum absolute atomic E-state index is 0.0709. The smallest absolute Gasteiger partial charge is 0.253 e. The largest absolute Gasteiger partial charge is 0.341 e. The van der Waals surface area contributed by atoms with Gasteiger partial charge in [-0.1, -0.05) is 13.0 Å². The van der Waals surface area contributed by atoms with Crippen LogP contribution in [0.3, 0.4) is 0 Å². The fourth-order valence-corrected chi connectivity index (χ4v) is 3.33. The van der Waals surface area contributed by atoms with Gasteiger partial charge >= 0.3 is 0 Å². The molecule has 1 fully saturated rings. The summed E-state index contributed by atoms with van der Waals surface area (Å²) < 4.78 is 26.0. The fraction of sp³-hybridized carbons (Fsp3) is 0.533. The molecule has 1 aromatic carbocycles. The Morgan fingerprint density at radius 2 is 2.10 bits per heavy atom. The molecule has 1 N–H and O–H groups in total. The lowest BCUT2D eigenvalue weighted by Gasteiger charge is -2.17. The standard InChI is InChI=1S/C15H22N2O3S/c1-3-9-21(19,20)16-14-6-4-5-13(10-14)15(18)17(2)11-12-7-8-12/h4-6,10,12,16H,3,7-9,11H2,1-2H3. The lowest BCUT2D eigenvalue weighted by Crippen LogP contribution is -2.28. The van der Waals surface area contributed by atoms with Gasteiger partial charge in [0, 0.05) is 24.8 Å². The normalized spacial score (nSPS) is 14.8. The third-order valence-corrected chi connectivity index (χ3v) is 4.92. The second-order valence-corrected chi connectivity index (χ2v) is 7.47. The molecule has 1 amide bonds. The van der Waals surface area contributed by atoms with E-state index in [1.54, 1.807) is 36.2 Å². The van der Waals surface area contributed by atoms with Crippen molar-refractivity contribution in [3.63, 3.8) is 0 Å². The molecule has 0 spiro atoms. The first kappa shape index (κ1) is 15.8. The Bertz CT molecular complexity index is 609. The Morgan fingerprint density at radius 1 is 1.38 bits per heavy atom. The number of sulfonamides is 1. The highest BCUT2D eigenvalue weighted by Crippen LogP contribution is 2.29. The highest BCUT2D eigenvalue weighted by molar-refractivity contribution is 7.92. The summed E-state index contributed by atoms with van der Waals surface area (Å²) in [7, 11) is -1.55. The molecule has 1 saturated carbocycles. The molecule has 116 valence electrons. The third kappa shape index (κ3) is 4.74. The summed E-state index contributed by atoms with van der Waals surface area (Å²) in [5.41, 5.74) is 0.948. The SMILES string of the molecule is CCCS(=O)(=O)Nc1cccc(C(=O)N(C)CC2CC2)c1. The molecule has 0 aliphatic heterocycles. The predicted octanol–water partition coefficient (Wildman–Crippen LogP) is 2.32. The number of amides is 1. The molecule has 5 nitrogen and oxygen atoms in total. The van der Waals surface area contributed by atoms with Crippen LogP contribution in [-0.2, 0) is 10.0 Å². The number of rotatable bonds is 7. The number of anilines is 1. The summed E-state index contributed by atoms with van der Waals surface area (Å²) in [6.45, 7) is 2.58. The zero-order chi connectivity index (χ0) is 15.5. The molecule has 1 aromatic rings. The number of hydrogen-bond donors (Lipinski definition) is 1. The molecule has 1 aliphatic rings. The molecular weight excluding hydrogens is 288 g/mol. The van der Waals surface area contributed by atoms with Crippen molar-refractivity contribution in [2.45, 2.75) is 26.2 Å². The summed E-state index contributed by atoms with van der Waals surface area (Å²) in [5.74, 6) is 0.635. The van der Waals surface area contributed by atoms with Gasteiger partial charge in [0.25, 0.3) is 5.91 Å². The van der Waals surface area contributed by atoms with Gasteiger partial charge in [-0.15, -0.1) is 0 Å². The molecule has 6 heteroatoms. The second kappa shape index (κ2) is 6.47. The van der Waals surface area contributed by atoms with Gasteiger partial charge in [-0.2, -0.15) is 0 Å². The lowest BCUT2D eigenvalue weighted by molar-refractivity contribution is 0.0788. The quantitative estimate of drug-likeness (QED) is 0.840. The topological polar surface area (TPSA) is 66.5 Å². The first-order valence-corrected chi connectivity index (χ1v) is 8.92. The molecular formula is C15H22N2O3S. The Morgan fingerprint density at radius 3 is 2.71 bits per heavy atom. The Kier molecular flexibility index (Phi) is 4.88. The molecule has 0 radical (unpaired) electrons. The van der Waals surface area contributed by atoms with E-state index in [9.17, 15) is 13.2 Å². The zero-order valence-corrected chi connectivity index (χ0v) is 13.3. The number of nitrogens with one attached hydrogen (secondary N) is 1. The van der Waals surface area contributed by atoms with Crippen molar-refractivity contribution in [1.82, 2.24) is 4.90 Å². The van der Waals surface area contributed by atoms with Gasteiger partial charge < -0.3 is 4.90 Å². The van der Waals surface area contributed by atoms with Gasteiger partial charge in [0.1, 0.15) is 0 Å². The van der Waals surface area contributed by atoms with Gasteiger partial charge in [-0.25, -0.2) is 8.42 Å². The van der Waals surface area contributed by atoms with Crippen molar-refractivity contribution < 1.29 is 13.2 Å². The van der Waals surface area contributed by atoms with Crippen molar-refractivity contribution in [2.75, 3.05) is 24.1 Å². The van der Waals surface area contributed by atoms with Crippen LogP contribution in [0, 0.1) is 5.92 Å². The van der Waals surface area contributed by atoms with Crippen LogP contribution < -0.4 is 4.72 Å². The van der Waals surface area contributed by atoms with Crippen molar-refractivity contribution in [2.24, 2.45) is 5.92 Å². The van der Waals surface area contributed by atoms with E-state index in [1.807, 2.05) is 6.92 Å². The van der Waals surface area contributed by atoms with E-state index >= 15 is 0 Å². The van der Waals surface area contributed by atoms with Crippen LogP contribution in [0.4, 0.5) is 5.69 Å². The van der Waals surface area contributed by atoms with Crippen LogP contribution in [-0.4, -0.2) is 38.6 Å². The summed E-state index contributed by atoms with van der Waals surface area (Å²) in [6.07, 6.45) is 2.93. The minimum atomic E-state index is -3.33. The molecule has 0 saturated heterocycles. The van der Waals surface area contributed by atoms with Crippen LogP contribution in [0.1, 0.15) is 36.5 Å². The van der Waals surface area contributed by atoms with Gasteiger partial charge in [-0.05, 0) is 43.4 Å². The monoisotopic (exact) mass is 310 g/mol. The van der Waals surface area contributed by atoms with Crippen molar-refractivity contribution in [3.8, 4) is 0 Å². The Balaban J connectivity index is 2.07. The average molecular weight is 310 g/mol. The predicted molar refractivity (Wildman–Crippen MR) is 83.8 cm³/mol. The van der Waals surface area contributed by atoms with Gasteiger partial charge in [0.15, 0.2) is 0 Å². The van der Waals surface area contributed by atoms with E-state index in [0.29, 0.717) is 23.6 Å². The second-order valence-electron chi connectivity index (χ2n) is 5.63. The first-order valence-electron chi connectivity index (χ1n) is 7.27. The van der Waals surface area contributed by atoms with E-state index in [1.165, 1.54) is 12.8 Å². The van der Waals surface area contributed by atoms with Crippen LogP contribution in [0.5, 0.6) is 0 Å². The Labute approximate surface area is 126 Å². The summed E-state index contributed by atoms with van der Waals surface area (Å²) in [6, 6.07) is 6.66. The number of hydrogen-bond acceptors (Lipinski definition) is 3. The van der Waals surface area contributed by atoms with Gasteiger partial charge in [0.2, 0.25) is 10.0 Å².